The number of methoxy groups -OCH3 is 2. The minimum absolute atomic E-state index is 0.621. The molecule has 0 unspecified atom stereocenters. The molecule has 1 aromatic carbocycles. The molecule has 0 spiro atoms. The molecule has 3 nitrogen and oxygen atoms in total. The number of rotatable bonds is 5. The lowest BCUT2D eigenvalue weighted by molar-refractivity contribution is 0.0765. The van der Waals surface area contributed by atoms with Gasteiger partial charge in [-0.3, -0.25) is 4.90 Å². The number of nitrogens with zero attached hydrogens (tertiary/aromatic N) is 1. The van der Waals surface area contributed by atoms with E-state index >= 15 is 0 Å². The highest BCUT2D eigenvalue weighted by molar-refractivity contribution is 5.42. The van der Waals surface area contributed by atoms with Crippen molar-refractivity contribution in [3.05, 3.63) is 28.8 Å². The third-order valence-electron chi connectivity index (χ3n) is 2.57. The Bertz CT molecular complexity index is 350. The van der Waals surface area contributed by atoms with Crippen LogP contribution in [-0.4, -0.2) is 32.9 Å². The van der Waals surface area contributed by atoms with Crippen molar-refractivity contribution in [1.29, 1.82) is 0 Å². The molecule has 0 fully saturated rings. The first-order chi connectivity index (χ1) is 7.58. The first-order valence-electron chi connectivity index (χ1n) is 5.40. The van der Waals surface area contributed by atoms with Gasteiger partial charge in [-0.15, -0.1) is 0 Å². The zero-order chi connectivity index (χ0) is 12.1. The highest BCUT2D eigenvalue weighted by Gasteiger charge is 2.09. The fourth-order valence-corrected chi connectivity index (χ4v) is 1.88. The predicted molar refractivity (Wildman–Crippen MR) is 65.8 cm³/mol. The van der Waals surface area contributed by atoms with Crippen LogP contribution < -0.4 is 4.74 Å². The molecule has 0 aliphatic carbocycles. The summed E-state index contributed by atoms with van der Waals surface area (Å²) >= 11 is 0. The molecule has 0 saturated heterocycles. The van der Waals surface area contributed by atoms with Gasteiger partial charge in [0.1, 0.15) is 5.75 Å². The molecule has 0 aromatic heterocycles. The average Bonchev–Trinajstić information content (AvgIpc) is 2.22. The Labute approximate surface area is 98.0 Å². The molecule has 0 saturated carbocycles. The molecule has 16 heavy (non-hydrogen) atoms. The van der Waals surface area contributed by atoms with E-state index in [1.807, 2.05) is 7.05 Å². The second-order valence-corrected chi connectivity index (χ2v) is 4.19. The summed E-state index contributed by atoms with van der Waals surface area (Å²) in [6.07, 6.45) is 0. The van der Waals surface area contributed by atoms with Crippen molar-refractivity contribution >= 4 is 0 Å². The van der Waals surface area contributed by atoms with E-state index in [1.54, 1.807) is 14.2 Å². The maximum absolute atomic E-state index is 5.42. The molecular weight excluding hydrogens is 202 g/mol. The number of benzene rings is 1. The summed E-state index contributed by atoms with van der Waals surface area (Å²) in [5.41, 5.74) is 3.72. The topological polar surface area (TPSA) is 21.7 Å². The van der Waals surface area contributed by atoms with Crippen LogP contribution in [0.5, 0.6) is 5.75 Å². The molecule has 0 atom stereocenters. The van der Waals surface area contributed by atoms with Crippen molar-refractivity contribution in [2.45, 2.75) is 20.4 Å². The molecule has 1 aromatic rings. The van der Waals surface area contributed by atoms with Gasteiger partial charge in [0.05, 0.1) is 13.8 Å². The van der Waals surface area contributed by atoms with Crippen LogP contribution in [0, 0.1) is 13.8 Å². The lowest BCUT2D eigenvalue weighted by Crippen LogP contribution is -2.21. The Morgan fingerprint density at radius 1 is 1.19 bits per heavy atom. The van der Waals surface area contributed by atoms with Gasteiger partial charge in [-0.1, -0.05) is 6.07 Å². The highest BCUT2D eigenvalue weighted by Crippen LogP contribution is 2.25. The van der Waals surface area contributed by atoms with Crippen molar-refractivity contribution in [2.75, 3.05) is 28.0 Å². The van der Waals surface area contributed by atoms with Crippen LogP contribution in [0.3, 0.4) is 0 Å². The Kier molecular flexibility index (Phi) is 4.77. The SMILES string of the molecule is COCN(C)Cc1c(C)cc(C)cc1OC. The number of hydrogen-bond donors (Lipinski definition) is 0. The number of aryl methyl sites for hydroxylation is 2. The number of hydrogen-bond acceptors (Lipinski definition) is 3. The van der Waals surface area contributed by atoms with Crippen LogP contribution in [0.15, 0.2) is 12.1 Å². The average molecular weight is 223 g/mol. The van der Waals surface area contributed by atoms with Gasteiger partial charge in [0, 0.05) is 19.2 Å². The highest BCUT2D eigenvalue weighted by atomic mass is 16.5. The molecular formula is C13H21NO2. The van der Waals surface area contributed by atoms with E-state index < -0.39 is 0 Å². The number of ether oxygens (including phenoxy) is 2. The van der Waals surface area contributed by atoms with Gasteiger partial charge < -0.3 is 9.47 Å². The van der Waals surface area contributed by atoms with Gasteiger partial charge in [0.15, 0.2) is 0 Å². The molecule has 0 radical (unpaired) electrons. The molecule has 0 amide bonds. The van der Waals surface area contributed by atoms with Crippen LogP contribution in [-0.2, 0) is 11.3 Å². The monoisotopic (exact) mass is 223 g/mol. The molecule has 3 heteroatoms. The van der Waals surface area contributed by atoms with Gasteiger partial charge in [-0.05, 0) is 38.1 Å². The summed E-state index contributed by atoms with van der Waals surface area (Å²) < 4.78 is 10.5. The van der Waals surface area contributed by atoms with Crippen LogP contribution in [0.4, 0.5) is 0 Å². The molecule has 0 aliphatic rings. The van der Waals surface area contributed by atoms with Gasteiger partial charge in [-0.2, -0.15) is 0 Å². The Hall–Kier alpha value is -1.06. The van der Waals surface area contributed by atoms with Crippen molar-refractivity contribution < 1.29 is 9.47 Å². The molecule has 0 N–H and O–H groups in total. The second-order valence-electron chi connectivity index (χ2n) is 4.19. The van der Waals surface area contributed by atoms with E-state index in [0.717, 1.165) is 12.3 Å². The minimum atomic E-state index is 0.621. The largest absolute Gasteiger partial charge is 0.496 e. The first kappa shape index (κ1) is 13.0. The van der Waals surface area contributed by atoms with Crippen molar-refractivity contribution in [3.63, 3.8) is 0 Å². The third-order valence-corrected chi connectivity index (χ3v) is 2.57. The maximum Gasteiger partial charge on any atom is 0.123 e. The van der Waals surface area contributed by atoms with Gasteiger partial charge in [-0.25, -0.2) is 0 Å². The fraction of sp³-hybridized carbons (Fsp3) is 0.538. The molecule has 0 aliphatic heterocycles. The van der Waals surface area contributed by atoms with E-state index in [4.69, 9.17) is 9.47 Å². The van der Waals surface area contributed by atoms with Crippen LogP contribution in [0.25, 0.3) is 0 Å². The second kappa shape index (κ2) is 5.87. The summed E-state index contributed by atoms with van der Waals surface area (Å²) in [4.78, 5) is 2.11. The predicted octanol–water partition coefficient (Wildman–Crippen LogP) is 2.35. The van der Waals surface area contributed by atoms with Gasteiger partial charge in [0.2, 0.25) is 0 Å². The first-order valence-corrected chi connectivity index (χ1v) is 5.40. The smallest absolute Gasteiger partial charge is 0.123 e. The summed E-state index contributed by atoms with van der Waals surface area (Å²) in [7, 11) is 5.45. The van der Waals surface area contributed by atoms with E-state index in [2.05, 4.69) is 30.9 Å². The Balaban J connectivity index is 2.93. The normalized spacial score (nSPS) is 10.9. The van der Waals surface area contributed by atoms with Gasteiger partial charge >= 0.3 is 0 Å². The zero-order valence-corrected chi connectivity index (χ0v) is 10.8. The quantitative estimate of drug-likeness (QED) is 0.715. The fourth-order valence-electron chi connectivity index (χ4n) is 1.88. The minimum Gasteiger partial charge on any atom is -0.496 e. The van der Waals surface area contributed by atoms with E-state index in [0.29, 0.717) is 6.73 Å². The lowest BCUT2D eigenvalue weighted by atomic mass is 10.0. The Morgan fingerprint density at radius 3 is 2.44 bits per heavy atom. The molecule has 0 heterocycles. The van der Waals surface area contributed by atoms with Crippen molar-refractivity contribution in [3.8, 4) is 5.75 Å². The zero-order valence-electron chi connectivity index (χ0n) is 10.8. The van der Waals surface area contributed by atoms with Gasteiger partial charge in [0.25, 0.3) is 0 Å². The van der Waals surface area contributed by atoms with Crippen LogP contribution in [0.1, 0.15) is 16.7 Å². The van der Waals surface area contributed by atoms with Crippen molar-refractivity contribution in [2.24, 2.45) is 0 Å². The van der Waals surface area contributed by atoms with Crippen molar-refractivity contribution in [1.82, 2.24) is 4.90 Å². The van der Waals surface area contributed by atoms with Crippen LogP contribution in [0.2, 0.25) is 0 Å². The van der Waals surface area contributed by atoms with E-state index in [1.165, 1.54) is 16.7 Å². The summed E-state index contributed by atoms with van der Waals surface area (Å²) in [5.74, 6) is 0.959. The maximum atomic E-state index is 5.42. The summed E-state index contributed by atoms with van der Waals surface area (Å²) in [6, 6.07) is 4.25. The van der Waals surface area contributed by atoms with E-state index in [9.17, 15) is 0 Å². The lowest BCUT2D eigenvalue weighted by Gasteiger charge is -2.19. The van der Waals surface area contributed by atoms with E-state index in [-0.39, 0.29) is 0 Å². The molecule has 90 valence electrons. The molecule has 1 rings (SSSR count). The van der Waals surface area contributed by atoms with Crippen LogP contribution >= 0.6 is 0 Å². The summed E-state index contributed by atoms with van der Waals surface area (Å²) in [5, 5.41) is 0. The third kappa shape index (κ3) is 3.22. The standard InChI is InChI=1S/C13H21NO2/c1-10-6-11(2)12(13(7-10)16-5)8-14(3)9-15-4/h6-7H,8-9H2,1-5H3. The Morgan fingerprint density at radius 2 is 1.88 bits per heavy atom. The molecule has 0 bridgehead atoms. The summed E-state index contributed by atoms with van der Waals surface area (Å²) in [6.45, 7) is 5.66.